The van der Waals surface area contributed by atoms with Crippen LogP contribution in [0.3, 0.4) is 0 Å². The highest BCUT2D eigenvalue weighted by molar-refractivity contribution is 6.09. The van der Waals surface area contributed by atoms with E-state index in [1.54, 1.807) is 11.8 Å². The summed E-state index contributed by atoms with van der Waals surface area (Å²) in [4.78, 5) is 62.9. The minimum Gasteiger partial charge on any atom is -0.475 e. The van der Waals surface area contributed by atoms with Gasteiger partial charge in [0.25, 0.3) is 0 Å². The number of nitrogens with zero attached hydrogens (tertiary/aromatic N) is 2. The lowest BCUT2D eigenvalue weighted by molar-refractivity contribution is -0.192. The second kappa shape index (κ2) is 11.8. The third kappa shape index (κ3) is 6.06. The number of ether oxygens (including phenoxy) is 1. The molecule has 210 valence electrons. The maximum absolute atomic E-state index is 12.9. The van der Waals surface area contributed by atoms with Gasteiger partial charge in [0.15, 0.2) is 0 Å². The fourth-order valence-electron chi connectivity index (χ4n) is 4.70. The zero-order chi connectivity index (χ0) is 29.0. The van der Waals surface area contributed by atoms with Crippen molar-refractivity contribution in [2.45, 2.75) is 44.9 Å². The number of amides is 4. The SMILES string of the molecule is CCN(C[C@H]1N[C@@](CC)(C(=O)OC)[C@H]2C(=O)N(C)C(=O)[C@@H]12)C(=O)Nc1ccc(C)cc1.O=C(O)C(F)(F)F. The Hall–Kier alpha value is -3.68. The summed E-state index contributed by atoms with van der Waals surface area (Å²) in [6.07, 6.45) is -4.80. The number of urea groups is 1. The number of rotatable bonds is 6. The van der Waals surface area contributed by atoms with Gasteiger partial charge < -0.3 is 20.1 Å². The number of fused-ring (bicyclic) bond motifs is 1. The molecule has 0 bridgehead atoms. The Morgan fingerprint density at radius 2 is 1.71 bits per heavy atom. The van der Waals surface area contributed by atoms with Crippen molar-refractivity contribution in [2.75, 3.05) is 32.6 Å². The number of anilines is 1. The number of esters is 1. The Bertz CT molecular complexity index is 1080. The lowest BCUT2D eigenvalue weighted by Gasteiger charge is -2.32. The third-order valence-corrected chi connectivity index (χ3v) is 6.72. The molecule has 0 radical (unpaired) electrons. The Morgan fingerprint density at radius 1 is 1.16 bits per heavy atom. The van der Waals surface area contributed by atoms with Crippen LogP contribution in [0.1, 0.15) is 25.8 Å². The van der Waals surface area contributed by atoms with E-state index in [1.807, 2.05) is 38.1 Å². The first-order chi connectivity index (χ1) is 17.6. The number of likely N-dealkylation sites (N-methyl/N-ethyl adjacent to an activating group) is 1. The molecule has 2 aliphatic heterocycles. The second-order valence-corrected chi connectivity index (χ2v) is 8.94. The lowest BCUT2D eigenvalue weighted by atomic mass is 9.78. The number of carboxylic acid groups (broad SMARTS) is 1. The Morgan fingerprint density at radius 3 is 2.16 bits per heavy atom. The molecule has 3 N–H and O–H groups in total. The fraction of sp³-hybridized carbons (Fsp3) is 0.542. The number of carbonyl (C=O) groups excluding carboxylic acids is 4. The van der Waals surface area contributed by atoms with Crippen molar-refractivity contribution < 1.29 is 47.0 Å². The lowest BCUT2D eigenvalue weighted by Crippen LogP contribution is -2.58. The molecule has 0 aliphatic carbocycles. The van der Waals surface area contributed by atoms with E-state index < -0.39 is 47.4 Å². The first-order valence-corrected chi connectivity index (χ1v) is 11.7. The van der Waals surface area contributed by atoms with Crippen molar-refractivity contribution in [3.63, 3.8) is 0 Å². The van der Waals surface area contributed by atoms with Gasteiger partial charge in [-0.3, -0.25) is 24.6 Å². The largest absolute Gasteiger partial charge is 0.490 e. The van der Waals surface area contributed by atoms with Gasteiger partial charge in [-0.1, -0.05) is 24.6 Å². The number of halogens is 3. The molecule has 0 saturated carbocycles. The molecule has 14 heteroatoms. The van der Waals surface area contributed by atoms with Gasteiger partial charge in [-0.15, -0.1) is 0 Å². The number of aryl methyl sites for hydroxylation is 1. The number of imide groups is 1. The molecule has 2 saturated heterocycles. The predicted molar refractivity (Wildman–Crippen MR) is 128 cm³/mol. The molecule has 11 nitrogen and oxygen atoms in total. The Labute approximate surface area is 217 Å². The van der Waals surface area contributed by atoms with E-state index in [1.165, 1.54) is 14.2 Å². The minimum absolute atomic E-state index is 0.168. The average Bonchev–Trinajstić information content (AvgIpc) is 3.32. The van der Waals surface area contributed by atoms with Crippen molar-refractivity contribution in [1.29, 1.82) is 0 Å². The normalized spacial score (nSPS) is 24.3. The summed E-state index contributed by atoms with van der Waals surface area (Å²) < 4.78 is 36.7. The second-order valence-electron chi connectivity index (χ2n) is 8.94. The van der Waals surface area contributed by atoms with Crippen molar-refractivity contribution in [3.8, 4) is 0 Å². The van der Waals surface area contributed by atoms with Gasteiger partial charge in [0.05, 0.1) is 18.9 Å². The van der Waals surface area contributed by atoms with Crippen LogP contribution in [0.15, 0.2) is 24.3 Å². The summed E-state index contributed by atoms with van der Waals surface area (Å²) in [5.74, 6) is -5.67. The molecule has 0 unspecified atom stereocenters. The van der Waals surface area contributed by atoms with Crippen molar-refractivity contribution in [1.82, 2.24) is 15.1 Å². The maximum Gasteiger partial charge on any atom is 0.490 e. The zero-order valence-corrected chi connectivity index (χ0v) is 21.6. The van der Waals surface area contributed by atoms with Crippen molar-refractivity contribution >= 4 is 35.5 Å². The number of benzene rings is 1. The molecule has 0 spiro atoms. The van der Waals surface area contributed by atoms with Gasteiger partial charge in [0.2, 0.25) is 11.8 Å². The molecule has 2 aliphatic rings. The van der Waals surface area contributed by atoms with E-state index in [2.05, 4.69) is 10.6 Å². The van der Waals surface area contributed by atoms with Crippen LogP contribution in [0.4, 0.5) is 23.7 Å². The number of nitrogens with one attached hydrogen (secondary N) is 2. The number of methoxy groups -OCH3 is 1. The van der Waals surface area contributed by atoms with E-state index in [4.69, 9.17) is 14.6 Å². The monoisotopic (exact) mass is 544 g/mol. The van der Waals surface area contributed by atoms with Crippen LogP contribution in [0.5, 0.6) is 0 Å². The van der Waals surface area contributed by atoms with E-state index >= 15 is 0 Å². The fourth-order valence-corrected chi connectivity index (χ4v) is 4.70. The van der Waals surface area contributed by atoms with E-state index in [9.17, 15) is 32.3 Å². The molecule has 2 heterocycles. The summed E-state index contributed by atoms with van der Waals surface area (Å²) in [5, 5.41) is 13.2. The zero-order valence-electron chi connectivity index (χ0n) is 21.6. The van der Waals surface area contributed by atoms with Crippen LogP contribution in [0.2, 0.25) is 0 Å². The van der Waals surface area contributed by atoms with Gasteiger partial charge in [-0.05, 0) is 32.4 Å². The Kier molecular flexibility index (Phi) is 9.48. The van der Waals surface area contributed by atoms with E-state index in [0.29, 0.717) is 12.2 Å². The molecule has 4 atom stereocenters. The maximum atomic E-state index is 12.9. The summed E-state index contributed by atoms with van der Waals surface area (Å²) in [7, 11) is 2.70. The van der Waals surface area contributed by atoms with Gasteiger partial charge >= 0.3 is 24.1 Å². The first-order valence-electron chi connectivity index (χ1n) is 11.7. The van der Waals surface area contributed by atoms with Crippen LogP contribution < -0.4 is 10.6 Å². The molecule has 0 aromatic heterocycles. The quantitative estimate of drug-likeness (QED) is 0.364. The number of hydrogen-bond donors (Lipinski definition) is 3. The smallest absolute Gasteiger partial charge is 0.475 e. The number of alkyl halides is 3. The molecule has 1 aromatic rings. The molecule has 4 amide bonds. The van der Waals surface area contributed by atoms with Crippen LogP contribution >= 0.6 is 0 Å². The van der Waals surface area contributed by atoms with Gasteiger partial charge in [0.1, 0.15) is 5.54 Å². The van der Waals surface area contributed by atoms with Crippen LogP contribution in [-0.4, -0.2) is 89.7 Å². The van der Waals surface area contributed by atoms with Crippen LogP contribution in [0, 0.1) is 18.8 Å². The summed E-state index contributed by atoms with van der Waals surface area (Å²) >= 11 is 0. The van der Waals surface area contributed by atoms with Crippen molar-refractivity contribution in [2.24, 2.45) is 11.8 Å². The highest BCUT2D eigenvalue weighted by Crippen LogP contribution is 2.44. The first kappa shape index (κ1) is 30.5. The van der Waals surface area contributed by atoms with Gasteiger partial charge in [-0.2, -0.15) is 13.2 Å². The standard InChI is InChI=1S/C22H30N4O5.C2HF3O2/c1-6-22(20(29)31-5)17-16(18(27)25(4)19(17)28)15(24-22)12-26(7-2)21(30)23-14-10-8-13(3)9-11-14;3-2(4,5)1(6)7/h8-11,15-17,24H,6-7,12H2,1-5H3,(H,23,30);(H,6,7)/t15-,16+,17-,22-;/m1./s1. The van der Waals surface area contributed by atoms with Crippen LogP contribution in [-0.2, 0) is 23.9 Å². The minimum atomic E-state index is -5.08. The number of carbonyl (C=O) groups is 5. The summed E-state index contributed by atoms with van der Waals surface area (Å²) in [6.45, 7) is 6.14. The van der Waals surface area contributed by atoms with Crippen molar-refractivity contribution in [3.05, 3.63) is 29.8 Å². The summed E-state index contributed by atoms with van der Waals surface area (Å²) in [6, 6.07) is 6.56. The molecular weight excluding hydrogens is 513 g/mol. The predicted octanol–water partition coefficient (Wildman–Crippen LogP) is 2.01. The molecule has 3 rings (SSSR count). The molecule has 38 heavy (non-hydrogen) atoms. The van der Waals surface area contributed by atoms with Gasteiger partial charge in [0, 0.05) is 31.9 Å². The number of aliphatic carboxylic acids is 1. The number of hydrogen-bond acceptors (Lipinski definition) is 7. The molecule has 2 fully saturated rings. The van der Waals surface area contributed by atoms with E-state index in [-0.39, 0.29) is 24.9 Å². The number of carboxylic acids is 1. The van der Waals surface area contributed by atoms with Crippen LogP contribution in [0.25, 0.3) is 0 Å². The Balaban J connectivity index is 0.000000638. The third-order valence-electron chi connectivity index (χ3n) is 6.72. The molecular formula is C24H31F3N4O7. The highest BCUT2D eigenvalue weighted by atomic mass is 19.4. The highest BCUT2D eigenvalue weighted by Gasteiger charge is 2.67. The topological polar surface area (TPSA) is 145 Å². The summed E-state index contributed by atoms with van der Waals surface area (Å²) in [5.41, 5.74) is 0.448. The molecule has 1 aromatic carbocycles. The van der Waals surface area contributed by atoms with E-state index in [0.717, 1.165) is 10.5 Å². The number of likely N-dealkylation sites (tertiary alicyclic amines) is 1. The van der Waals surface area contributed by atoms with Gasteiger partial charge in [-0.25, -0.2) is 9.59 Å². The average molecular weight is 545 g/mol.